The molecule has 5 nitrogen and oxygen atoms in total. The van der Waals surface area contributed by atoms with Gasteiger partial charge in [-0.1, -0.05) is 13.3 Å². The van der Waals surface area contributed by atoms with Crippen LogP contribution in [0.2, 0.25) is 0 Å². The van der Waals surface area contributed by atoms with Gasteiger partial charge in [0.2, 0.25) is 5.91 Å². The van der Waals surface area contributed by atoms with E-state index in [9.17, 15) is 9.59 Å². The highest BCUT2D eigenvalue weighted by atomic mass is 32.1. The SMILES string of the molecule is CCCC1(C(=O)Nc2ccsc2C(=O)OC)CCCNC1. The maximum atomic E-state index is 12.7. The maximum Gasteiger partial charge on any atom is 0.350 e. The first-order chi connectivity index (χ1) is 10.1. The van der Waals surface area contributed by atoms with Crippen LogP contribution >= 0.6 is 11.3 Å². The lowest BCUT2D eigenvalue weighted by Gasteiger charge is -2.36. The summed E-state index contributed by atoms with van der Waals surface area (Å²) in [5.74, 6) is -0.410. The summed E-state index contributed by atoms with van der Waals surface area (Å²) in [4.78, 5) is 24.9. The minimum Gasteiger partial charge on any atom is -0.465 e. The normalized spacial score (nSPS) is 21.8. The number of methoxy groups -OCH3 is 1. The van der Waals surface area contributed by atoms with Crippen molar-refractivity contribution in [3.05, 3.63) is 16.3 Å². The smallest absolute Gasteiger partial charge is 0.350 e. The van der Waals surface area contributed by atoms with E-state index in [0.717, 1.165) is 32.2 Å². The van der Waals surface area contributed by atoms with Gasteiger partial charge in [0.1, 0.15) is 4.88 Å². The van der Waals surface area contributed by atoms with Gasteiger partial charge in [-0.05, 0) is 37.3 Å². The fourth-order valence-corrected chi connectivity index (χ4v) is 3.65. The predicted molar refractivity (Wildman–Crippen MR) is 83.7 cm³/mol. The van der Waals surface area contributed by atoms with Crippen LogP contribution in [0.5, 0.6) is 0 Å². The summed E-state index contributed by atoms with van der Waals surface area (Å²) >= 11 is 1.28. The van der Waals surface area contributed by atoms with Crippen molar-refractivity contribution in [2.24, 2.45) is 5.41 Å². The van der Waals surface area contributed by atoms with Crippen molar-refractivity contribution in [3.8, 4) is 0 Å². The van der Waals surface area contributed by atoms with Gasteiger partial charge in [0.05, 0.1) is 18.2 Å². The zero-order valence-corrected chi connectivity index (χ0v) is 13.3. The van der Waals surface area contributed by atoms with Gasteiger partial charge < -0.3 is 15.4 Å². The third-order valence-corrected chi connectivity index (χ3v) is 4.86. The molecule has 1 amide bonds. The maximum absolute atomic E-state index is 12.7. The summed E-state index contributed by atoms with van der Waals surface area (Å²) in [6.45, 7) is 3.75. The highest BCUT2D eigenvalue weighted by Crippen LogP contribution is 2.34. The van der Waals surface area contributed by atoms with Crippen LogP contribution in [-0.2, 0) is 9.53 Å². The summed E-state index contributed by atoms with van der Waals surface area (Å²) in [7, 11) is 1.34. The van der Waals surface area contributed by atoms with Crippen LogP contribution in [0.25, 0.3) is 0 Å². The summed E-state index contributed by atoms with van der Waals surface area (Å²) in [6.07, 6.45) is 3.70. The van der Waals surface area contributed by atoms with E-state index in [1.807, 2.05) is 0 Å². The number of esters is 1. The fourth-order valence-electron chi connectivity index (χ4n) is 2.88. The molecule has 0 bridgehead atoms. The Labute approximate surface area is 129 Å². The van der Waals surface area contributed by atoms with Crippen LogP contribution in [0, 0.1) is 5.41 Å². The Kier molecular flexibility index (Phi) is 5.36. The van der Waals surface area contributed by atoms with E-state index in [4.69, 9.17) is 4.74 Å². The molecule has 6 heteroatoms. The molecule has 1 fully saturated rings. The van der Waals surface area contributed by atoms with E-state index in [2.05, 4.69) is 17.6 Å². The van der Waals surface area contributed by atoms with Gasteiger partial charge in [-0.2, -0.15) is 0 Å². The Morgan fingerprint density at radius 3 is 2.95 bits per heavy atom. The number of carbonyl (C=O) groups excluding carboxylic acids is 2. The lowest BCUT2D eigenvalue weighted by atomic mass is 9.76. The molecule has 1 atom stereocenters. The number of anilines is 1. The zero-order chi connectivity index (χ0) is 15.3. The first-order valence-corrected chi connectivity index (χ1v) is 8.19. The number of hydrogen-bond acceptors (Lipinski definition) is 5. The molecule has 21 heavy (non-hydrogen) atoms. The van der Waals surface area contributed by atoms with Crippen LogP contribution in [0.3, 0.4) is 0 Å². The first-order valence-electron chi connectivity index (χ1n) is 7.31. The molecule has 116 valence electrons. The zero-order valence-electron chi connectivity index (χ0n) is 12.5. The third kappa shape index (κ3) is 3.44. The molecule has 2 heterocycles. The standard InChI is InChI=1S/C15H22N2O3S/c1-3-6-15(7-4-8-16-10-15)14(19)17-11-5-9-21-12(11)13(18)20-2/h5,9,16H,3-4,6-8,10H2,1-2H3,(H,17,19). The molecule has 1 aliphatic heterocycles. The van der Waals surface area contributed by atoms with Gasteiger partial charge in [-0.3, -0.25) is 4.79 Å². The van der Waals surface area contributed by atoms with E-state index in [1.54, 1.807) is 11.4 Å². The summed E-state index contributed by atoms with van der Waals surface area (Å²) in [5.41, 5.74) is 0.181. The molecule has 0 saturated carbocycles. The van der Waals surface area contributed by atoms with Crippen molar-refractivity contribution in [1.29, 1.82) is 0 Å². The molecule has 2 rings (SSSR count). The van der Waals surface area contributed by atoms with Crippen molar-refractivity contribution in [1.82, 2.24) is 5.32 Å². The molecule has 0 spiro atoms. The highest BCUT2D eigenvalue weighted by molar-refractivity contribution is 7.12. The average Bonchev–Trinajstić information content (AvgIpc) is 2.96. The molecule has 0 radical (unpaired) electrons. The molecule has 2 N–H and O–H groups in total. The lowest BCUT2D eigenvalue weighted by Crippen LogP contribution is -2.48. The van der Waals surface area contributed by atoms with Gasteiger partial charge in [0.15, 0.2) is 0 Å². The van der Waals surface area contributed by atoms with Crippen molar-refractivity contribution in [3.63, 3.8) is 0 Å². The van der Waals surface area contributed by atoms with E-state index in [1.165, 1.54) is 18.4 Å². The minimum atomic E-state index is -0.411. The number of ether oxygens (including phenoxy) is 1. The van der Waals surface area contributed by atoms with Gasteiger partial charge in [0.25, 0.3) is 0 Å². The number of carbonyl (C=O) groups is 2. The second-order valence-corrected chi connectivity index (χ2v) is 6.34. The molecular formula is C15H22N2O3S. The van der Waals surface area contributed by atoms with Crippen LogP contribution in [0.1, 0.15) is 42.3 Å². The monoisotopic (exact) mass is 310 g/mol. The fraction of sp³-hybridized carbons (Fsp3) is 0.600. The molecule has 0 aromatic carbocycles. The largest absolute Gasteiger partial charge is 0.465 e. The number of amides is 1. The van der Waals surface area contributed by atoms with Gasteiger partial charge in [-0.15, -0.1) is 11.3 Å². The Morgan fingerprint density at radius 2 is 2.33 bits per heavy atom. The lowest BCUT2D eigenvalue weighted by molar-refractivity contribution is -0.127. The molecular weight excluding hydrogens is 288 g/mol. The highest BCUT2D eigenvalue weighted by Gasteiger charge is 2.39. The second kappa shape index (κ2) is 7.04. The third-order valence-electron chi connectivity index (χ3n) is 3.97. The number of nitrogens with one attached hydrogen (secondary N) is 2. The Hall–Kier alpha value is -1.40. The Morgan fingerprint density at radius 1 is 1.52 bits per heavy atom. The van der Waals surface area contributed by atoms with E-state index >= 15 is 0 Å². The second-order valence-electron chi connectivity index (χ2n) is 5.42. The molecule has 1 saturated heterocycles. The van der Waals surface area contributed by atoms with E-state index < -0.39 is 5.97 Å². The summed E-state index contributed by atoms with van der Waals surface area (Å²) in [5, 5.41) is 8.04. The van der Waals surface area contributed by atoms with Gasteiger partial charge >= 0.3 is 5.97 Å². The van der Waals surface area contributed by atoms with Crippen LogP contribution in [-0.4, -0.2) is 32.1 Å². The van der Waals surface area contributed by atoms with Crippen molar-refractivity contribution < 1.29 is 14.3 Å². The first kappa shape index (κ1) is 16.0. The van der Waals surface area contributed by atoms with Crippen molar-refractivity contribution in [2.45, 2.75) is 32.6 Å². The van der Waals surface area contributed by atoms with Crippen LogP contribution < -0.4 is 10.6 Å². The Balaban J connectivity index is 2.15. The quantitative estimate of drug-likeness (QED) is 0.821. The minimum absolute atomic E-state index is 0.0000954. The number of rotatable bonds is 5. The number of hydrogen-bond donors (Lipinski definition) is 2. The van der Waals surface area contributed by atoms with Gasteiger partial charge in [-0.25, -0.2) is 4.79 Å². The van der Waals surface area contributed by atoms with E-state index in [0.29, 0.717) is 17.1 Å². The van der Waals surface area contributed by atoms with Crippen molar-refractivity contribution >= 4 is 28.9 Å². The summed E-state index contributed by atoms with van der Waals surface area (Å²) in [6, 6.07) is 1.75. The van der Waals surface area contributed by atoms with Crippen LogP contribution in [0.4, 0.5) is 5.69 Å². The molecule has 0 aliphatic carbocycles. The van der Waals surface area contributed by atoms with E-state index in [-0.39, 0.29) is 11.3 Å². The van der Waals surface area contributed by atoms with Gasteiger partial charge in [0, 0.05) is 6.54 Å². The summed E-state index contributed by atoms with van der Waals surface area (Å²) < 4.78 is 4.74. The van der Waals surface area contributed by atoms with Crippen molar-refractivity contribution in [2.75, 3.05) is 25.5 Å². The predicted octanol–water partition coefficient (Wildman–Crippen LogP) is 2.64. The molecule has 1 aromatic rings. The van der Waals surface area contributed by atoms with Crippen LogP contribution in [0.15, 0.2) is 11.4 Å². The average molecular weight is 310 g/mol. The molecule has 1 aliphatic rings. The topological polar surface area (TPSA) is 67.4 Å². The Bertz CT molecular complexity index is 501. The number of thiophene rings is 1. The number of piperidine rings is 1. The molecule has 1 unspecified atom stereocenters. The molecule has 1 aromatic heterocycles.